The SMILES string of the molecule is CCCCCCCCCCCCCCCCCCCCCCCCCCCCCCCCCCCC(O)C(COP(=O)([O-])OCC[N+](C)(C)C)NC(=O)CCCCCCCCCCCCCCC. The minimum atomic E-state index is -4.56. The Morgan fingerprint density at radius 3 is 1.00 bits per heavy atom. The second-order valence-electron chi connectivity index (χ2n) is 22.4. The molecule has 0 aromatic carbocycles. The molecule has 0 aliphatic heterocycles. The van der Waals surface area contributed by atoms with Crippen molar-refractivity contribution in [1.29, 1.82) is 0 Å². The number of rotatable bonds is 57. The standard InChI is InChI=1S/C59H121N2O6P/c1-6-8-10-12-14-16-18-20-21-22-23-24-25-26-27-28-29-30-31-32-33-34-35-36-37-38-39-41-42-44-46-48-50-52-58(62)57(56-67-68(64,65)66-55-54-61(3,4)5)60-59(63)53-51-49-47-45-43-40-19-17-15-13-11-9-7-2/h57-58,62H,6-56H2,1-5H3,(H-,60,63,64,65). The smallest absolute Gasteiger partial charge is 0.268 e. The normalized spacial score (nSPS) is 13.8. The summed E-state index contributed by atoms with van der Waals surface area (Å²) in [5, 5.41) is 14.0. The zero-order valence-corrected chi connectivity index (χ0v) is 47.5. The molecule has 3 unspecified atom stereocenters. The largest absolute Gasteiger partial charge is 0.756 e. The van der Waals surface area contributed by atoms with E-state index in [1.165, 1.54) is 257 Å². The highest BCUT2D eigenvalue weighted by molar-refractivity contribution is 7.45. The lowest BCUT2D eigenvalue weighted by molar-refractivity contribution is -0.870. The molecule has 9 heteroatoms. The maximum atomic E-state index is 12.9. The second-order valence-corrected chi connectivity index (χ2v) is 23.8. The molecular formula is C59H121N2O6P. The third-order valence-electron chi connectivity index (χ3n) is 14.3. The molecule has 3 atom stereocenters. The van der Waals surface area contributed by atoms with Gasteiger partial charge in [0.15, 0.2) is 0 Å². The van der Waals surface area contributed by atoms with Gasteiger partial charge < -0.3 is 28.8 Å². The first-order valence-electron chi connectivity index (χ1n) is 30.4. The highest BCUT2D eigenvalue weighted by Crippen LogP contribution is 2.38. The van der Waals surface area contributed by atoms with Crippen molar-refractivity contribution in [3.8, 4) is 0 Å². The second kappa shape index (κ2) is 51.4. The summed E-state index contributed by atoms with van der Waals surface area (Å²) in [6, 6.07) is -0.794. The summed E-state index contributed by atoms with van der Waals surface area (Å²) in [6.45, 7) is 4.77. The van der Waals surface area contributed by atoms with Gasteiger partial charge in [-0.05, 0) is 12.8 Å². The zero-order chi connectivity index (χ0) is 49.9. The predicted octanol–water partition coefficient (Wildman–Crippen LogP) is 17.8. The first-order chi connectivity index (χ1) is 33.0. The van der Waals surface area contributed by atoms with Crippen molar-refractivity contribution in [1.82, 2.24) is 5.32 Å². The highest BCUT2D eigenvalue weighted by Gasteiger charge is 2.24. The minimum absolute atomic E-state index is 0.0165. The van der Waals surface area contributed by atoms with Gasteiger partial charge in [0, 0.05) is 6.42 Å². The van der Waals surface area contributed by atoms with Gasteiger partial charge in [-0.1, -0.05) is 303 Å². The van der Waals surface area contributed by atoms with Crippen LogP contribution in [0.2, 0.25) is 0 Å². The van der Waals surface area contributed by atoms with Crippen LogP contribution in [-0.2, 0) is 18.4 Å². The van der Waals surface area contributed by atoms with Gasteiger partial charge >= 0.3 is 0 Å². The molecule has 0 saturated carbocycles. The number of nitrogens with zero attached hydrogens (tertiary/aromatic N) is 1. The summed E-state index contributed by atoms with van der Waals surface area (Å²) in [7, 11) is 1.32. The molecule has 0 bridgehead atoms. The molecule has 0 aromatic rings. The Morgan fingerprint density at radius 1 is 0.456 bits per heavy atom. The zero-order valence-electron chi connectivity index (χ0n) is 46.6. The van der Waals surface area contributed by atoms with Crippen molar-refractivity contribution < 1.29 is 32.9 Å². The van der Waals surface area contributed by atoms with E-state index >= 15 is 0 Å². The maximum absolute atomic E-state index is 12.9. The number of hydrogen-bond donors (Lipinski definition) is 2. The lowest BCUT2D eigenvalue weighted by atomic mass is 10.0. The van der Waals surface area contributed by atoms with Crippen molar-refractivity contribution in [2.45, 2.75) is 334 Å². The van der Waals surface area contributed by atoms with Gasteiger partial charge in [-0.2, -0.15) is 0 Å². The topological polar surface area (TPSA) is 108 Å². The molecule has 0 aromatic heterocycles. The van der Waals surface area contributed by atoms with Crippen LogP contribution >= 0.6 is 7.82 Å². The Kier molecular flexibility index (Phi) is 51.0. The van der Waals surface area contributed by atoms with Crippen LogP contribution < -0.4 is 10.2 Å². The minimum Gasteiger partial charge on any atom is -0.756 e. The third-order valence-corrected chi connectivity index (χ3v) is 15.3. The number of nitrogens with one attached hydrogen (secondary N) is 1. The summed E-state index contributed by atoms with van der Waals surface area (Å²) < 4.78 is 23.4. The van der Waals surface area contributed by atoms with Crippen LogP contribution in [0, 0.1) is 0 Å². The average Bonchev–Trinajstić information content (AvgIpc) is 3.30. The number of quaternary nitrogens is 1. The van der Waals surface area contributed by atoms with E-state index in [-0.39, 0.29) is 19.1 Å². The van der Waals surface area contributed by atoms with Gasteiger partial charge in [-0.15, -0.1) is 0 Å². The van der Waals surface area contributed by atoms with Gasteiger partial charge in [0.2, 0.25) is 5.91 Å². The van der Waals surface area contributed by atoms with E-state index in [4.69, 9.17) is 9.05 Å². The summed E-state index contributed by atoms with van der Waals surface area (Å²) in [5.41, 5.74) is 0. The quantitative estimate of drug-likeness (QED) is 0.0357. The van der Waals surface area contributed by atoms with Crippen LogP contribution in [0.5, 0.6) is 0 Å². The van der Waals surface area contributed by atoms with Crippen LogP contribution in [0.3, 0.4) is 0 Å². The molecule has 0 saturated heterocycles. The Bertz CT molecular complexity index is 1070. The number of aliphatic hydroxyl groups excluding tert-OH is 1. The van der Waals surface area contributed by atoms with E-state index in [1.54, 1.807) is 0 Å². The number of hydrogen-bond acceptors (Lipinski definition) is 6. The number of carbonyl (C=O) groups excluding carboxylic acids is 1. The molecule has 0 rings (SSSR count). The van der Waals surface area contributed by atoms with Gasteiger partial charge in [0.05, 0.1) is 39.9 Å². The highest BCUT2D eigenvalue weighted by atomic mass is 31.2. The number of carbonyl (C=O) groups is 1. The van der Waals surface area contributed by atoms with Gasteiger partial charge in [-0.3, -0.25) is 9.36 Å². The van der Waals surface area contributed by atoms with E-state index in [1.807, 2.05) is 21.1 Å². The van der Waals surface area contributed by atoms with Gasteiger partial charge in [-0.25, -0.2) is 0 Å². The Labute approximate surface area is 425 Å². The fourth-order valence-corrected chi connectivity index (χ4v) is 10.3. The lowest BCUT2D eigenvalue weighted by Gasteiger charge is -2.30. The summed E-state index contributed by atoms with van der Waals surface area (Å²) >= 11 is 0. The van der Waals surface area contributed by atoms with Gasteiger partial charge in [0.1, 0.15) is 13.2 Å². The summed E-state index contributed by atoms with van der Waals surface area (Å²) in [5.74, 6) is -0.159. The van der Waals surface area contributed by atoms with Crippen molar-refractivity contribution >= 4 is 13.7 Å². The van der Waals surface area contributed by atoms with E-state index in [2.05, 4.69) is 19.2 Å². The van der Waals surface area contributed by atoms with Crippen LogP contribution in [0.25, 0.3) is 0 Å². The number of phosphoric acid groups is 1. The number of likely N-dealkylation sites (N-methyl/N-ethyl adjacent to an activating group) is 1. The number of phosphoric ester groups is 1. The Hall–Kier alpha value is -0.500. The summed E-state index contributed by atoms with van der Waals surface area (Å²) in [4.78, 5) is 25.5. The van der Waals surface area contributed by atoms with Crippen LogP contribution in [0.15, 0.2) is 0 Å². The molecule has 0 aliphatic rings. The Morgan fingerprint density at radius 2 is 0.721 bits per heavy atom. The molecule has 8 nitrogen and oxygen atoms in total. The van der Waals surface area contributed by atoms with Crippen molar-refractivity contribution in [3.63, 3.8) is 0 Å². The molecule has 0 fully saturated rings. The van der Waals surface area contributed by atoms with Crippen molar-refractivity contribution in [2.24, 2.45) is 0 Å². The van der Waals surface area contributed by atoms with E-state index in [0.717, 1.165) is 38.5 Å². The Balaban J connectivity index is 3.93. The van der Waals surface area contributed by atoms with Crippen molar-refractivity contribution in [2.75, 3.05) is 40.9 Å². The molecule has 0 aliphatic carbocycles. The predicted molar refractivity (Wildman–Crippen MR) is 293 cm³/mol. The molecule has 0 spiro atoms. The summed E-state index contributed by atoms with van der Waals surface area (Å²) in [6.07, 6.45) is 61.6. The van der Waals surface area contributed by atoms with E-state index < -0.39 is 20.0 Å². The maximum Gasteiger partial charge on any atom is 0.268 e. The van der Waals surface area contributed by atoms with E-state index in [9.17, 15) is 19.4 Å². The fourth-order valence-electron chi connectivity index (χ4n) is 9.57. The average molecular weight is 986 g/mol. The molecule has 68 heavy (non-hydrogen) atoms. The van der Waals surface area contributed by atoms with E-state index in [0.29, 0.717) is 23.9 Å². The lowest BCUT2D eigenvalue weighted by Crippen LogP contribution is -2.46. The first-order valence-corrected chi connectivity index (χ1v) is 31.8. The first kappa shape index (κ1) is 67.5. The number of aliphatic hydroxyl groups is 1. The molecule has 0 radical (unpaired) electrons. The number of amides is 1. The van der Waals surface area contributed by atoms with Crippen LogP contribution in [0.1, 0.15) is 322 Å². The molecule has 0 heterocycles. The molecule has 408 valence electrons. The third kappa shape index (κ3) is 53.3. The molecule has 1 amide bonds. The number of unbranched alkanes of at least 4 members (excludes halogenated alkanes) is 44. The van der Waals surface area contributed by atoms with Crippen molar-refractivity contribution in [3.05, 3.63) is 0 Å². The fraction of sp³-hybridized carbons (Fsp3) is 0.983. The van der Waals surface area contributed by atoms with Crippen LogP contribution in [0.4, 0.5) is 0 Å². The van der Waals surface area contributed by atoms with Gasteiger partial charge in [0.25, 0.3) is 7.82 Å². The molecular weight excluding hydrogens is 864 g/mol. The molecule has 2 N–H and O–H groups in total. The van der Waals surface area contributed by atoms with Crippen LogP contribution in [-0.4, -0.2) is 68.5 Å². The monoisotopic (exact) mass is 985 g/mol.